The molecule has 1 unspecified atom stereocenters. The van der Waals surface area contributed by atoms with Gasteiger partial charge in [0, 0.05) is 11.4 Å². The molecule has 1 rings (SSSR count). The Balaban J connectivity index is 2.58. The third kappa shape index (κ3) is 3.98. The number of esters is 1. The molecule has 0 aliphatic rings. The van der Waals surface area contributed by atoms with Crippen LogP contribution in [0.3, 0.4) is 0 Å². The third-order valence-electron chi connectivity index (χ3n) is 2.58. The predicted molar refractivity (Wildman–Crippen MR) is 69.6 cm³/mol. The second-order valence-electron chi connectivity index (χ2n) is 4.34. The van der Waals surface area contributed by atoms with Gasteiger partial charge >= 0.3 is 5.97 Å². The minimum atomic E-state index is -0.384. The molecule has 0 spiro atoms. The summed E-state index contributed by atoms with van der Waals surface area (Å²) in [5.74, 6) is -0.00981. The first-order chi connectivity index (χ1) is 8.04. The molecule has 0 aliphatic carbocycles. The van der Waals surface area contributed by atoms with Crippen molar-refractivity contribution < 1.29 is 9.53 Å². The topological polar surface area (TPSA) is 78.3 Å². The van der Waals surface area contributed by atoms with Crippen LogP contribution in [0, 0.1) is 5.92 Å². The quantitative estimate of drug-likeness (QED) is 0.608. The van der Waals surface area contributed by atoms with Crippen LogP contribution >= 0.6 is 0 Å². The Labute approximate surface area is 102 Å². The van der Waals surface area contributed by atoms with Gasteiger partial charge in [-0.2, -0.15) is 0 Å². The molecule has 0 saturated heterocycles. The summed E-state index contributed by atoms with van der Waals surface area (Å²) in [6, 6.07) is 4.80. The van der Waals surface area contributed by atoms with Crippen LogP contribution in [0.5, 0.6) is 0 Å². The first kappa shape index (κ1) is 13.4. The Hall–Kier alpha value is -1.71. The Morgan fingerprint density at radius 2 is 2.12 bits per heavy atom. The standard InChI is InChI=1S/C13H20N2O2/c1-3-4-9(2)8-17-13(16)11-6-5-10(14)7-12(11)15/h5-7,9H,3-4,8,14-15H2,1-2H3. The first-order valence-corrected chi connectivity index (χ1v) is 5.86. The normalized spacial score (nSPS) is 12.1. The van der Waals surface area contributed by atoms with E-state index in [4.69, 9.17) is 16.2 Å². The van der Waals surface area contributed by atoms with E-state index in [1.807, 2.05) is 0 Å². The minimum Gasteiger partial charge on any atom is -0.462 e. The Bertz CT molecular complexity index is 391. The lowest BCUT2D eigenvalue weighted by Gasteiger charge is -2.11. The highest BCUT2D eigenvalue weighted by molar-refractivity contribution is 5.95. The highest BCUT2D eigenvalue weighted by Gasteiger charge is 2.12. The molecule has 1 atom stereocenters. The molecule has 0 radical (unpaired) electrons. The van der Waals surface area contributed by atoms with Crippen LogP contribution in [-0.4, -0.2) is 12.6 Å². The highest BCUT2D eigenvalue weighted by Crippen LogP contribution is 2.17. The van der Waals surface area contributed by atoms with Gasteiger partial charge in [-0.25, -0.2) is 4.79 Å². The van der Waals surface area contributed by atoms with Gasteiger partial charge in [0.15, 0.2) is 0 Å². The van der Waals surface area contributed by atoms with E-state index in [1.54, 1.807) is 18.2 Å². The first-order valence-electron chi connectivity index (χ1n) is 5.86. The molecule has 4 nitrogen and oxygen atoms in total. The van der Waals surface area contributed by atoms with Gasteiger partial charge in [-0.1, -0.05) is 20.3 Å². The fourth-order valence-corrected chi connectivity index (χ4v) is 1.64. The zero-order valence-electron chi connectivity index (χ0n) is 10.4. The molecule has 0 fully saturated rings. The summed E-state index contributed by atoms with van der Waals surface area (Å²) >= 11 is 0. The van der Waals surface area contributed by atoms with Crippen molar-refractivity contribution in [1.82, 2.24) is 0 Å². The van der Waals surface area contributed by atoms with E-state index in [0.29, 0.717) is 29.5 Å². The molecule has 4 N–H and O–H groups in total. The molecule has 0 aromatic heterocycles. The third-order valence-corrected chi connectivity index (χ3v) is 2.58. The maximum atomic E-state index is 11.7. The monoisotopic (exact) mass is 236 g/mol. The van der Waals surface area contributed by atoms with E-state index in [-0.39, 0.29) is 5.97 Å². The van der Waals surface area contributed by atoms with Crippen LogP contribution in [-0.2, 0) is 4.74 Å². The Morgan fingerprint density at radius 3 is 2.71 bits per heavy atom. The van der Waals surface area contributed by atoms with Crippen molar-refractivity contribution in [3.05, 3.63) is 23.8 Å². The molecule has 1 aromatic rings. The molecule has 0 amide bonds. The molecule has 17 heavy (non-hydrogen) atoms. The van der Waals surface area contributed by atoms with Gasteiger partial charge in [0.05, 0.1) is 12.2 Å². The smallest absolute Gasteiger partial charge is 0.340 e. The van der Waals surface area contributed by atoms with Crippen LogP contribution in [0.4, 0.5) is 11.4 Å². The van der Waals surface area contributed by atoms with Crippen molar-refractivity contribution >= 4 is 17.3 Å². The SMILES string of the molecule is CCCC(C)COC(=O)c1ccc(N)cc1N. The number of hydrogen-bond acceptors (Lipinski definition) is 4. The predicted octanol–water partition coefficient (Wildman–Crippen LogP) is 2.44. The van der Waals surface area contributed by atoms with Gasteiger partial charge < -0.3 is 16.2 Å². The van der Waals surface area contributed by atoms with Gasteiger partial charge in [-0.3, -0.25) is 0 Å². The maximum absolute atomic E-state index is 11.7. The number of anilines is 2. The molecular formula is C13H20N2O2. The number of hydrogen-bond donors (Lipinski definition) is 2. The van der Waals surface area contributed by atoms with Crippen molar-refractivity contribution in [3.8, 4) is 0 Å². The largest absolute Gasteiger partial charge is 0.462 e. The fourth-order valence-electron chi connectivity index (χ4n) is 1.64. The number of carbonyl (C=O) groups is 1. The van der Waals surface area contributed by atoms with Crippen LogP contribution in [0.2, 0.25) is 0 Å². The Morgan fingerprint density at radius 1 is 1.41 bits per heavy atom. The summed E-state index contributed by atoms with van der Waals surface area (Å²) in [6.45, 7) is 4.59. The van der Waals surface area contributed by atoms with Gasteiger partial charge in [-0.05, 0) is 30.5 Å². The molecule has 0 saturated carbocycles. The van der Waals surface area contributed by atoms with Gasteiger partial charge in [0.2, 0.25) is 0 Å². The zero-order chi connectivity index (χ0) is 12.8. The van der Waals surface area contributed by atoms with E-state index in [9.17, 15) is 4.79 Å². The molecule has 4 heteroatoms. The highest BCUT2D eigenvalue weighted by atomic mass is 16.5. The van der Waals surface area contributed by atoms with E-state index < -0.39 is 0 Å². The lowest BCUT2D eigenvalue weighted by atomic mass is 10.1. The number of nitrogen functional groups attached to an aromatic ring is 2. The number of nitrogens with two attached hydrogens (primary N) is 2. The molecule has 1 aromatic carbocycles. The van der Waals surface area contributed by atoms with Crippen LogP contribution in [0.1, 0.15) is 37.0 Å². The average Bonchev–Trinajstić information content (AvgIpc) is 2.26. The van der Waals surface area contributed by atoms with E-state index in [1.165, 1.54) is 0 Å². The fraction of sp³-hybridized carbons (Fsp3) is 0.462. The summed E-state index contributed by atoms with van der Waals surface area (Å²) in [5, 5.41) is 0. The lowest BCUT2D eigenvalue weighted by molar-refractivity contribution is 0.0445. The van der Waals surface area contributed by atoms with Crippen LogP contribution < -0.4 is 11.5 Å². The van der Waals surface area contributed by atoms with E-state index in [2.05, 4.69) is 13.8 Å². The number of benzene rings is 1. The molecule has 94 valence electrons. The van der Waals surface area contributed by atoms with E-state index in [0.717, 1.165) is 12.8 Å². The molecular weight excluding hydrogens is 216 g/mol. The van der Waals surface area contributed by atoms with Crippen LogP contribution in [0.25, 0.3) is 0 Å². The van der Waals surface area contributed by atoms with Gasteiger partial charge in [0.25, 0.3) is 0 Å². The van der Waals surface area contributed by atoms with Crippen molar-refractivity contribution in [3.63, 3.8) is 0 Å². The van der Waals surface area contributed by atoms with Gasteiger partial charge in [0.1, 0.15) is 0 Å². The minimum absolute atomic E-state index is 0.359. The Kier molecular flexibility index (Phi) is 4.82. The maximum Gasteiger partial charge on any atom is 0.340 e. The summed E-state index contributed by atoms with van der Waals surface area (Å²) in [6.07, 6.45) is 2.13. The van der Waals surface area contributed by atoms with Gasteiger partial charge in [-0.15, -0.1) is 0 Å². The van der Waals surface area contributed by atoms with Crippen molar-refractivity contribution in [2.24, 2.45) is 5.92 Å². The summed E-state index contributed by atoms with van der Waals surface area (Å²) in [5.41, 5.74) is 12.5. The molecule has 0 heterocycles. The second kappa shape index (κ2) is 6.13. The van der Waals surface area contributed by atoms with Crippen molar-refractivity contribution in [2.75, 3.05) is 18.1 Å². The number of rotatable bonds is 5. The molecule has 0 bridgehead atoms. The number of ether oxygens (including phenoxy) is 1. The average molecular weight is 236 g/mol. The number of carbonyl (C=O) groups excluding carboxylic acids is 1. The summed E-state index contributed by atoms with van der Waals surface area (Å²) < 4.78 is 5.20. The molecule has 0 aliphatic heterocycles. The van der Waals surface area contributed by atoms with Crippen molar-refractivity contribution in [1.29, 1.82) is 0 Å². The summed E-state index contributed by atoms with van der Waals surface area (Å²) in [4.78, 5) is 11.7. The van der Waals surface area contributed by atoms with Crippen molar-refractivity contribution in [2.45, 2.75) is 26.7 Å². The summed E-state index contributed by atoms with van der Waals surface area (Å²) in [7, 11) is 0. The van der Waals surface area contributed by atoms with Crippen LogP contribution in [0.15, 0.2) is 18.2 Å². The van der Waals surface area contributed by atoms with E-state index >= 15 is 0 Å². The second-order valence-corrected chi connectivity index (χ2v) is 4.34. The lowest BCUT2D eigenvalue weighted by Crippen LogP contribution is -2.13. The zero-order valence-corrected chi connectivity index (χ0v) is 10.4.